The van der Waals surface area contributed by atoms with Crippen molar-refractivity contribution in [1.29, 1.82) is 0 Å². The molecule has 0 radical (unpaired) electrons. The molecule has 1 aromatic rings. The summed E-state index contributed by atoms with van der Waals surface area (Å²) in [5.41, 5.74) is 2.82. The molecular formula is C27H38N4O2S. The summed E-state index contributed by atoms with van der Waals surface area (Å²) in [7, 11) is 0. The van der Waals surface area contributed by atoms with Crippen LogP contribution in [-0.2, 0) is 10.2 Å². The lowest BCUT2D eigenvalue weighted by atomic mass is 9.81. The van der Waals surface area contributed by atoms with Gasteiger partial charge in [-0.05, 0) is 34.7 Å². The Balaban J connectivity index is 1.48. The molecule has 1 saturated heterocycles. The van der Waals surface area contributed by atoms with Gasteiger partial charge in [-0.25, -0.2) is 0 Å². The van der Waals surface area contributed by atoms with E-state index in [1.54, 1.807) is 12.3 Å². The van der Waals surface area contributed by atoms with Gasteiger partial charge in [0.25, 0.3) is 0 Å². The van der Waals surface area contributed by atoms with E-state index in [9.17, 15) is 9.90 Å². The molecule has 1 aliphatic heterocycles. The number of allylic oxidation sites excluding steroid dienone is 2. The number of carbonyl (C=O) groups is 1. The SMILES string of the molecule is C=CCNC(=S)N1CCN(CCN=CC2=C(O)CC(c3ccc(C(C)(C)C)cc3)CC2=O)CC1. The standard InChI is InChI=1S/C27H38N4O2S/c1-5-10-29-26(34)31-15-13-30(14-16-31)12-11-28-19-23-24(32)17-21(18-25(23)33)20-6-8-22(9-7-20)27(2,3)4/h5-9,19,21,32H,1,10-18H2,2-4H3,(H,29,34). The average molecular weight is 483 g/mol. The third-order valence-corrected chi connectivity index (χ3v) is 6.96. The summed E-state index contributed by atoms with van der Waals surface area (Å²) < 4.78 is 0. The highest BCUT2D eigenvalue weighted by Crippen LogP contribution is 2.34. The zero-order valence-corrected chi connectivity index (χ0v) is 21.5. The summed E-state index contributed by atoms with van der Waals surface area (Å²) in [6.45, 7) is 16.0. The maximum atomic E-state index is 12.7. The van der Waals surface area contributed by atoms with E-state index in [1.165, 1.54) is 5.56 Å². The number of nitrogens with zero attached hydrogens (tertiary/aromatic N) is 3. The predicted molar refractivity (Wildman–Crippen MR) is 144 cm³/mol. The van der Waals surface area contributed by atoms with Gasteiger partial charge in [-0.2, -0.15) is 0 Å². The van der Waals surface area contributed by atoms with Gasteiger partial charge in [0.15, 0.2) is 10.9 Å². The van der Waals surface area contributed by atoms with Crippen LogP contribution in [0.2, 0.25) is 0 Å². The number of nitrogens with one attached hydrogen (secondary N) is 1. The minimum absolute atomic E-state index is 0.0158. The number of Topliss-reactive ketones (excluding diaryl/α,β-unsaturated/α-hetero) is 1. The van der Waals surface area contributed by atoms with E-state index in [0.717, 1.165) is 43.4 Å². The molecule has 1 aromatic carbocycles. The molecule has 1 fully saturated rings. The molecule has 7 heteroatoms. The summed E-state index contributed by atoms with van der Waals surface area (Å²) >= 11 is 5.40. The Morgan fingerprint density at radius 2 is 1.88 bits per heavy atom. The van der Waals surface area contributed by atoms with Gasteiger partial charge in [0.2, 0.25) is 0 Å². The Kier molecular flexibility index (Phi) is 9.03. The van der Waals surface area contributed by atoms with Gasteiger partial charge in [0, 0.05) is 58.3 Å². The van der Waals surface area contributed by atoms with Gasteiger partial charge in [-0.1, -0.05) is 51.1 Å². The lowest BCUT2D eigenvalue weighted by Crippen LogP contribution is -2.52. The van der Waals surface area contributed by atoms with Crippen LogP contribution in [0.25, 0.3) is 0 Å². The van der Waals surface area contributed by atoms with Crippen LogP contribution in [0.1, 0.15) is 50.7 Å². The zero-order chi connectivity index (χ0) is 24.7. The predicted octanol–water partition coefficient (Wildman–Crippen LogP) is 3.99. The van der Waals surface area contributed by atoms with Crippen molar-refractivity contribution < 1.29 is 9.90 Å². The van der Waals surface area contributed by atoms with Crippen LogP contribution in [-0.4, -0.2) is 77.8 Å². The number of rotatable bonds is 7. The molecule has 0 spiro atoms. The van der Waals surface area contributed by atoms with Crippen LogP contribution >= 0.6 is 12.2 Å². The fourth-order valence-corrected chi connectivity index (χ4v) is 4.61. The van der Waals surface area contributed by atoms with Crippen molar-refractivity contribution in [3.05, 3.63) is 59.4 Å². The van der Waals surface area contributed by atoms with Gasteiger partial charge < -0.3 is 15.3 Å². The van der Waals surface area contributed by atoms with Crippen molar-refractivity contribution in [2.75, 3.05) is 45.8 Å². The second kappa shape index (κ2) is 11.8. The minimum atomic E-state index is -0.0356. The Bertz CT molecular complexity index is 938. The first-order chi connectivity index (χ1) is 16.2. The van der Waals surface area contributed by atoms with E-state index >= 15 is 0 Å². The molecule has 0 saturated carbocycles. The van der Waals surface area contributed by atoms with Crippen LogP contribution in [0.15, 0.2) is 53.2 Å². The van der Waals surface area contributed by atoms with E-state index in [0.29, 0.717) is 31.5 Å². The van der Waals surface area contributed by atoms with E-state index in [1.807, 2.05) is 0 Å². The fraction of sp³-hybridized carbons (Fsp3) is 0.519. The second-order valence-electron chi connectivity index (χ2n) is 10.1. The molecule has 1 atom stereocenters. The monoisotopic (exact) mass is 482 g/mol. The summed E-state index contributed by atoms with van der Waals surface area (Å²) in [5, 5.41) is 14.5. The Hall–Kier alpha value is -2.51. The minimum Gasteiger partial charge on any atom is -0.511 e. The third-order valence-electron chi connectivity index (χ3n) is 6.55. The molecule has 0 amide bonds. The highest BCUT2D eigenvalue weighted by molar-refractivity contribution is 7.80. The van der Waals surface area contributed by atoms with E-state index in [4.69, 9.17) is 12.2 Å². The number of carbonyl (C=O) groups excluding carboxylic acids is 1. The van der Waals surface area contributed by atoms with Gasteiger partial charge in [0.05, 0.1) is 12.1 Å². The highest BCUT2D eigenvalue weighted by atomic mass is 32.1. The Morgan fingerprint density at radius 3 is 2.47 bits per heavy atom. The number of aliphatic hydroxyl groups excluding tert-OH is 1. The van der Waals surface area contributed by atoms with Crippen molar-refractivity contribution in [1.82, 2.24) is 15.1 Å². The second-order valence-corrected chi connectivity index (χ2v) is 10.5. The zero-order valence-electron chi connectivity index (χ0n) is 20.7. The molecule has 0 aromatic heterocycles. The fourth-order valence-electron chi connectivity index (χ4n) is 4.35. The van der Waals surface area contributed by atoms with Crippen LogP contribution in [0.3, 0.4) is 0 Å². The number of thiocarbonyl (C=S) groups is 1. The first-order valence-corrected chi connectivity index (χ1v) is 12.5. The van der Waals surface area contributed by atoms with Gasteiger partial charge >= 0.3 is 0 Å². The van der Waals surface area contributed by atoms with Crippen LogP contribution in [0.5, 0.6) is 0 Å². The molecule has 184 valence electrons. The summed E-state index contributed by atoms with van der Waals surface area (Å²) in [6, 6.07) is 8.44. The Morgan fingerprint density at radius 1 is 1.21 bits per heavy atom. The topological polar surface area (TPSA) is 68.2 Å². The quantitative estimate of drug-likeness (QED) is 0.348. The first-order valence-electron chi connectivity index (χ1n) is 12.1. The average Bonchev–Trinajstić information content (AvgIpc) is 2.81. The van der Waals surface area contributed by atoms with Gasteiger partial charge in [0.1, 0.15) is 5.76 Å². The number of aliphatic imine (C=N–C) groups is 1. The molecule has 1 aliphatic carbocycles. The number of ketones is 1. The van der Waals surface area contributed by atoms with Gasteiger partial charge in [-0.3, -0.25) is 14.7 Å². The van der Waals surface area contributed by atoms with Crippen LogP contribution in [0, 0.1) is 0 Å². The normalized spacial score (nSPS) is 20.1. The van der Waals surface area contributed by atoms with Crippen LogP contribution < -0.4 is 5.32 Å². The molecule has 34 heavy (non-hydrogen) atoms. The number of hydrogen-bond donors (Lipinski definition) is 2. The lowest BCUT2D eigenvalue weighted by Gasteiger charge is -2.35. The maximum Gasteiger partial charge on any atom is 0.169 e. The molecule has 6 nitrogen and oxygen atoms in total. The van der Waals surface area contributed by atoms with Crippen molar-refractivity contribution in [3.63, 3.8) is 0 Å². The number of piperazine rings is 1. The number of aliphatic hydroxyl groups is 1. The van der Waals surface area contributed by atoms with Gasteiger partial charge in [-0.15, -0.1) is 6.58 Å². The number of benzene rings is 1. The molecule has 2 N–H and O–H groups in total. The third kappa shape index (κ3) is 7.00. The van der Waals surface area contributed by atoms with E-state index in [2.05, 4.69) is 71.7 Å². The molecule has 3 rings (SSSR count). The van der Waals surface area contributed by atoms with Crippen molar-refractivity contribution >= 4 is 29.3 Å². The van der Waals surface area contributed by atoms with Crippen molar-refractivity contribution in [2.45, 2.75) is 44.9 Å². The summed E-state index contributed by atoms with van der Waals surface area (Å²) in [5.74, 6) is 0.132. The lowest BCUT2D eigenvalue weighted by molar-refractivity contribution is -0.116. The smallest absolute Gasteiger partial charge is 0.169 e. The first kappa shape index (κ1) is 26.1. The van der Waals surface area contributed by atoms with E-state index < -0.39 is 0 Å². The maximum absolute atomic E-state index is 12.7. The summed E-state index contributed by atoms with van der Waals surface area (Å²) in [6.07, 6.45) is 4.25. The number of hydrogen-bond acceptors (Lipinski definition) is 5. The van der Waals surface area contributed by atoms with Crippen molar-refractivity contribution in [2.24, 2.45) is 4.99 Å². The molecule has 2 aliphatic rings. The van der Waals surface area contributed by atoms with Crippen LogP contribution in [0.4, 0.5) is 0 Å². The highest BCUT2D eigenvalue weighted by Gasteiger charge is 2.28. The van der Waals surface area contributed by atoms with Crippen molar-refractivity contribution in [3.8, 4) is 0 Å². The summed E-state index contributed by atoms with van der Waals surface area (Å²) in [4.78, 5) is 21.7. The molecule has 1 heterocycles. The molecular weight excluding hydrogens is 444 g/mol. The molecule has 1 unspecified atom stereocenters. The molecule has 0 bridgehead atoms. The largest absolute Gasteiger partial charge is 0.511 e. The Labute approximate surface area is 209 Å². The van der Waals surface area contributed by atoms with E-state index in [-0.39, 0.29) is 22.9 Å².